The number of hydrogen-bond donors (Lipinski definition) is 1. The molecule has 0 saturated carbocycles. The summed E-state index contributed by atoms with van der Waals surface area (Å²) in [6.07, 6.45) is 0.667. The quantitative estimate of drug-likeness (QED) is 0.360. The normalized spacial score (nSPS) is 11.2. The second-order valence-electron chi connectivity index (χ2n) is 6.09. The molecule has 0 amide bonds. The molecule has 2 heterocycles. The number of halogens is 1. The number of thioether (sulfide) groups is 1. The minimum atomic E-state index is -0.475. The molecule has 6 nitrogen and oxygen atoms in total. The maximum Gasteiger partial charge on any atom is 0.336 e. The fraction of sp³-hybridized carbons (Fsp3) is 0.150. The van der Waals surface area contributed by atoms with Crippen LogP contribution in [0.3, 0.4) is 0 Å². The first-order valence-corrected chi connectivity index (χ1v) is 9.90. The highest BCUT2D eigenvalue weighted by molar-refractivity contribution is 7.98. The van der Waals surface area contributed by atoms with Gasteiger partial charge in [0, 0.05) is 33.9 Å². The lowest BCUT2D eigenvalue weighted by molar-refractivity contribution is 0.465. The van der Waals surface area contributed by atoms with E-state index in [0.29, 0.717) is 33.9 Å². The van der Waals surface area contributed by atoms with E-state index in [2.05, 4.69) is 10.2 Å². The van der Waals surface area contributed by atoms with E-state index in [0.717, 1.165) is 22.1 Å². The van der Waals surface area contributed by atoms with Crippen LogP contribution in [0.25, 0.3) is 22.4 Å². The Labute approximate surface area is 169 Å². The van der Waals surface area contributed by atoms with Crippen LogP contribution in [-0.4, -0.2) is 15.3 Å². The Morgan fingerprint density at radius 1 is 1.11 bits per heavy atom. The molecule has 0 spiro atoms. The average molecular weight is 415 g/mol. The third-order valence-corrected chi connectivity index (χ3v) is 5.34. The van der Waals surface area contributed by atoms with Gasteiger partial charge >= 0.3 is 5.63 Å². The molecule has 1 N–H and O–H groups in total. The zero-order valence-corrected chi connectivity index (χ0v) is 16.4. The van der Waals surface area contributed by atoms with Crippen molar-refractivity contribution in [2.45, 2.75) is 24.3 Å². The number of fused-ring (bicyclic) bond motifs is 1. The summed E-state index contributed by atoms with van der Waals surface area (Å²) in [6.45, 7) is 1.95. The van der Waals surface area contributed by atoms with E-state index in [1.165, 1.54) is 23.9 Å². The zero-order chi connectivity index (χ0) is 19.7. The van der Waals surface area contributed by atoms with E-state index in [1.54, 1.807) is 12.1 Å². The van der Waals surface area contributed by atoms with Crippen LogP contribution in [0.2, 0.25) is 5.02 Å². The highest BCUT2D eigenvalue weighted by Gasteiger charge is 2.13. The van der Waals surface area contributed by atoms with Gasteiger partial charge in [0.1, 0.15) is 11.3 Å². The average Bonchev–Trinajstić information content (AvgIpc) is 3.14. The third kappa shape index (κ3) is 3.76. The summed E-state index contributed by atoms with van der Waals surface area (Å²) in [4.78, 5) is 11.9. The molecule has 28 heavy (non-hydrogen) atoms. The lowest BCUT2D eigenvalue weighted by Crippen LogP contribution is -2.00. The van der Waals surface area contributed by atoms with Crippen LogP contribution < -0.4 is 5.63 Å². The summed E-state index contributed by atoms with van der Waals surface area (Å²) in [5, 5.41) is 19.9. The number of benzene rings is 2. The van der Waals surface area contributed by atoms with E-state index < -0.39 is 5.63 Å². The molecule has 0 atom stereocenters. The summed E-state index contributed by atoms with van der Waals surface area (Å²) in [5.74, 6) is 0.930. The molecular formula is C20H15ClN2O4S. The van der Waals surface area contributed by atoms with Crippen molar-refractivity contribution in [3.05, 3.63) is 69.0 Å². The molecule has 8 heteroatoms. The van der Waals surface area contributed by atoms with Gasteiger partial charge in [-0.1, -0.05) is 36.4 Å². The standard InChI is InChI=1S/C20H15ClN2O4S/c1-2-11-7-15-13(8-18(25)26-17(15)9-16(11)24)10-28-20-23-22-19(27-20)12-4-3-5-14(21)6-12/h3-9,24H,2,10H2,1H3. The molecule has 0 aliphatic heterocycles. The molecule has 0 bridgehead atoms. The van der Waals surface area contributed by atoms with Gasteiger partial charge in [0.15, 0.2) is 0 Å². The van der Waals surface area contributed by atoms with Gasteiger partial charge < -0.3 is 13.9 Å². The van der Waals surface area contributed by atoms with Crippen LogP contribution in [0.5, 0.6) is 5.75 Å². The van der Waals surface area contributed by atoms with Gasteiger partial charge in [0.2, 0.25) is 5.89 Å². The summed E-state index contributed by atoms with van der Waals surface area (Å²) < 4.78 is 10.9. The highest BCUT2D eigenvalue weighted by Crippen LogP contribution is 2.31. The van der Waals surface area contributed by atoms with E-state index in [-0.39, 0.29) is 5.75 Å². The van der Waals surface area contributed by atoms with Crippen molar-refractivity contribution in [2.24, 2.45) is 0 Å². The largest absolute Gasteiger partial charge is 0.508 e. The van der Waals surface area contributed by atoms with E-state index in [4.69, 9.17) is 20.4 Å². The monoisotopic (exact) mass is 414 g/mol. The van der Waals surface area contributed by atoms with Crippen molar-refractivity contribution in [3.63, 3.8) is 0 Å². The summed E-state index contributed by atoms with van der Waals surface area (Å²) in [5.41, 5.74) is 2.17. The fourth-order valence-electron chi connectivity index (χ4n) is 2.86. The topological polar surface area (TPSA) is 89.4 Å². The molecule has 0 radical (unpaired) electrons. The maximum absolute atomic E-state index is 11.9. The third-order valence-electron chi connectivity index (χ3n) is 4.24. The van der Waals surface area contributed by atoms with E-state index in [9.17, 15) is 9.90 Å². The molecule has 0 unspecified atom stereocenters. The Kier molecular flexibility index (Phi) is 5.11. The zero-order valence-electron chi connectivity index (χ0n) is 14.8. The lowest BCUT2D eigenvalue weighted by atomic mass is 10.1. The molecule has 2 aromatic carbocycles. The van der Waals surface area contributed by atoms with Crippen molar-refractivity contribution in [1.29, 1.82) is 0 Å². The van der Waals surface area contributed by atoms with E-state index >= 15 is 0 Å². The van der Waals surface area contributed by atoms with Gasteiger partial charge in [0.05, 0.1) is 0 Å². The van der Waals surface area contributed by atoms with Crippen LogP contribution in [0.1, 0.15) is 18.1 Å². The SMILES string of the molecule is CCc1cc2c(CSc3nnc(-c4cccc(Cl)c4)o3)cc(=O)oc2cc1O. The van der Waals surface area contributed by atoms with Gasteiger partial charge in [-0.05, 0) is 41.8 Å². The number of aromatic hydroxyl groups is 1. The minimum Gasteiger partial charge on any atom is -0.508 e. The highest BCUT2D eigenvalue weighted by atomic mass is 35.5. The van der Waals surface area contributed by atoms with Crippen LogP contribution in [-0.2, 0) is 12.2 Å². The van der Waals surface area contributed by atoms with Gasteiger partial charge in [-0.25, -0.2) is 4.79 Å². The molecule has 142 valence electrons. The van der Waals surface area contributed by atoms with Gasteiger partial charge in [-0.2, -0.15) is 0 Å². The number of phenols is 1. The van der Waals surface area contributed by atoms with E-state index in [1.807, 2.05) is 25.1 Å². The summed E-state index contributed by atoms with van der Waals surface area (Å²) in [6, 6.07) is 11.9. The van der Waals surface area contributed by atoms with Crippen LogP contribution in [0.4, 0.5) is 0 Å². The van der Waals surface area contributed by atoms with Crippen molar-refractivity contribution in [3.8, 4) is 17.2 Å². The lowest BCUT2D eigenvalue weighted by Gasteiger charge is -2.07. The number of aromatic nitrogens is 2. The molecule has 0 aliphatic carbocycles. The minimum absolute atomic E-state index is 0.117. The predicted molar refractivity (Wildman–Crippen MR) is 108 cm³/mol. The number of aryl methyl sites for hydroxylation is 1. The van der Waals surface area contributed by atoms with Crippen molar-refractivity contribution in [2.75, 3.05) is 0 Å². The molecule has 0 fully saturated rings. The molecule has 4 rings (SSSR count). The first-order chi connectivity index (χ1) is 13.5. The summed E-state index contributed by atoms with van der Waals surface area (Å²) in [7, 11) is 0. The second-order valence-corrected chi connectivity index (χ2v) is 7.46. The molecule has 2 aromatic heterocycles. The summed E-state index contributed by atoms with van der Waals surface area (Å²) >= 11 is 7.32. The number of rotatable bonds is 5. The Hall–Kier alpha value is -2.77. The predicted octanol–water partition coefficient (Wildman–Crippen LogP) is 5.06. The second kappa shape index (κ2) is 7.69. The van der Waals surface area contributed by atoms with Crippen LogP contribution in [0, 0.1) is 0 Å². The molecular weight excluding hydrogens is 400 g/mol. The van der Waals surface area contributed by atoms with Crippen molar-refractivity contribution >= 4 is 34.3 Å². The Morgan fingerprint density at radius 3 is 2.75 bits per heavy atom. The maximum atomic E-state index is 11.9. The van der Waals surface area contributed by atoms with Gasteiger partial charge in [0.25, 0.3) is 5.22 Å². The first-order valence-electron chi connectivity index (χ1n) is 8.54. The first kappa shape index (κ1) is 18.6. The molecule has 0 saturated heterocycles. The Balaban J connectivity index is 1.62. The van der Waals surface area contributed by atoms with Gasteiger partial charge in [-0.15, -0.1) is 10.2 Å². The van der Waals surface area contributed by atoms with Crippen molar-refractivity contribution < 1.29 is 13.9 Å². The Bertz CT molecular complexity index is 1220. The number of phenolic OH excluding ortho intramolecular Hbond substituents is 1. The molecule has 4 aromatic rings. The van der Waals surface area contributed by atoms with Gasteiger partial charge in [-0.3, -0.25) is 0 Å². The molecule has 0 aliphatic rings. The Morgan fingerprint density at radius 2 is 1.96 bits per heavy atom. The van der Waals surface area contributed by atoms with Crippen LogP contribution >= 0.6 is 23.4 Å². The number of hydrogen-bond acceptors (Lipinski definition) is 7. The van der Waals surface area contributed by atoms with Crippen LogP contribution in [0.15, 0.2) is 61.3 Å². The smallest absolute Gasteiger partial charge is 0.336 e. The number of nitrogens with zero attached hydrogens (tertiary/aromatic N) is 2. The van der Waals surface area contributed by atoms with Crippen molar-refractivity contribution in [1.82, 2.24) is 10.2 Å². The fourth-order valence-corrected chi connectivity index (χ4v) is 3.80.